The predicted octanol–water partition coefficient (Wildman–Crippen LogP) is 0.667. The monoisotopic (exact) mass is 126 g/mol. The molecule has 0 aliphatic heterocycles. The molecule has 0 aliphatic rings. The van der Waals surface area contributed by atoms with Crippen LogP contribution >= 0.6 is 0 Å². The van der Waals surface area contributed by atoms with E-state index in [1.807, 2.05) is 6.07 Å². The summed E-state index contributed by atoms with van der Waals surface area (Å²) in [5, 5.41) is 7.99. The van der Waals surface area contributed by atoms with Gasteiger partial charge in [0.2, 0.25) is 0 Å². The second kappa shape index (κ2) is 5.10. The fraction of sp³-hybridized carbons (Fsp3) is 0.500. The van der Waals surface area contributed by atoms with Gasteiger partial charge in [-0.2, -0.15) is 5.26 Å². The van der Waals surface area contributed by atoms with Gasteiger partial charge in [-0.05, 0) is 6.92 Å². The lowest BCUT2D eigenvalue weighted by molar-refractivity contribution is -0.142. The summed E-state index contributed by atoms with van der Waals surface area (Å²) in [6.07, 6.45) is 0.386. The van der Waals surface area contributed by atoms with Gasteiger partial charge in [-0.25, -0.2) is 0 Å². The molecule has 0 atom stereocenters. The van der Waals surface area contributed by atoms with Crippen LogP contribution in [0.3, 0.4) is 0 Å². The van der Waals surface area contributed by atoms with Gasteiger partial charge in [0.1, 0.15) is 6.61 Å². The van der Waals surface area contributed by atoms with E-state index in [9.17, 15) is 4.79 Å². The Morgan fingerprint density at radius 3 is 2.89 bits per heavy atom. The third-order valence-electron chi connectivity index (χ3n) is 0.681. The fourth-order valence-electron chi connectivity index (χ4n) is 0.283. The van der Waals surface area contributed by atoms with E-state index in [1.54, 1.807) is 0 Å². The van der Waals surface area contributed by atoms with Crippen LogP contribution in [-0.4, -0.2) is 12.6 Å². The van der Waals surface area contributed by atoms with Gasteiger partial charge in [0.05, 0.1) is 12.5 Å². The molecule has 0 saturated heterocycles. The Morgan fingerprint density at radius 2 is 2.44 bits per heavy atom. The maximum atomic E-state index is 10.3. The first-order chi connectivity index (χ1) is 4.31. The zero-order chi connectivity index (χ0) is 7.11. The Kier molecular flexibility index (Phi) is 4.51. The molecule has 0 saturated carbocycles. The van der Waals surface area contributed by atoms with Crippen molar-refractivity contribution < 1.29 is 9.53 Å². The first kappa shape index (κ1) is 7.96. The largest absolute Gasteiger partial charge is 0.465 e. The number of nitriles is 1. The maximum Gasteiger partial charge on any atom is 0.305 e. The van der Waals surface area contributed by atoms with Crippen LogP contribution in [0.5, 0.6) is 0 Å². The number of esters is 1. The number of ether oxygens (including phenoxy) is 1. The Labute approximate surface area is 54.2 Å². The van der Waals surface area contributed by atoms with Crippen LogP contribution in [0.4, 0.5) is 0 Å². The minimum absolute atomic E-state index is 0.130. The number of nitrogens with zero attached hydrogens (tertiary/aromatic N) is 1. The number of carbonyl (C=O) groups is 1. The average Bonchev–Trinajstić information content (AvgIpc) is 1.89. The topological polar surface area (TPSA) is 50.1 Å². The van der Waals surface area contributed by atoms with Crippen molar-refractivity contribution in [2.75, 3.05) is 6.61 Å². The standard InChI is InChI=1S/C6H8NO2/c1-2-6(8)9-5-3-4-7/h1-3,5H2. The van der Waals surface area contributed by atoms with Gasteiger partial charge in [0.15, 0.2) is 0 Å². The van der Waals surface area contributed by atoms with Crippen molar-refractivity contribution in [2.45, 2.75) is 12.8 Å². The molecule has 0 aromatic carbocycles. The molecule has 9 heavy (non-hydrogen) atoms. The lowest BCUT2D eigenvalue weighted by atomic mass is 10.5. The number of carbonyl (C=O) groups excluding carboxylic acids is 1. The molecule has 0 aromatic heterocycles. The summed E-state index contributed by atoms with van der Waals surface area (Å²) >= 11 is 0. The molecule has 0 aliphatic carbocycles. The van der Waals surface area contributed by atoms with Crippen LogP contribution in [0.1, 0.15) is 12.8 Å². The zero-order valence-electron chi connectivity index (χ0n) is 5.09. The molecule has 0 N–H and O–H groups in total. The summed E-state index contributed by atoms with van der Waals surface area (Å²) < 4.78 is 4.51. The van der Waals surface area contributed by atoms with Gasteiger partial charge < -0.3 is 4.74 Å². The SMILES string of the molecule is [CH2]CC(=O)OCCC#N. The van der Waals surface area contributed by atoms with Crippen molar-refractivity contribution in [3.8, 4) is 6.07 Å². The molecule has 0 bridgehead atoms. The summed E-state index contributed by atoms with van der Waals surface area (Å²) in [5.74, 6) is -0.356. The summed E-state index contributed by atoms with van der Waals surface area (Å²) in [6, 6.07) is 1.85. The Bertz CT molecular complexity index is 126. The van der Waals surface area contributed by atoms with Crippen molar-refractivity contribution >= 4 is 5.97 Å². The Morgan fingerprint density at radius 1 is 1.78 bits per heavy atom. The molecule has 49 valence electrons. The van der Waals surface area contributed by atoms with Crippen LogP contribution in [0.2, 0.25) is 0 Å². The van der Waals surface area contributed by atoms with E-state index in [0.717, 1.165) is 0 Å². The molecule has 3 heteroatoms. The van der Waals surface area contributed by atoms with E-state index in [-0.39, 0.29) is 25.4 Å². The third kappa shape index (κ3) is 4.82. The first-order valence-electron chi connectivity index (χ1n) is 2.63. The number of hydrogen-bond donors (Lipinski definition) is 0. The molecule has 1 radical (unpaired) electrons. The summed E-state index contributed by atoms with van der Waals surface area (Å²) in [7, 11) is 0. The second-order valence-corrected chi connectivity index (χ2v) is 1.38. The van der Waals surface area contributed by atoms with Gasteiger partial charge in [-0.15, -0.1) is 0 Å². The smallest absolute Gasteiger partial charge is 0.305 e. The molecule has 0 spiro atoms. The highest BCUT2D eigenvalue weighted by Crippen LogP contribution is 1.84. The normalized spacial score (nSPS) is 8.00. The lowest BCUT2D eigenvalue weighted by Crippen LogP contribution is -2.02. The summed E-state index contributed by atoms with van der Waals surface area (Å²) in [4.78, 5) is 10.3. The maximum absolute atomic E-state index is 10.3. The van der Waals surface area contributed by atoms with Crippen molar-refractivity contribution in [3.05, 3.63) is 6.92 Å². The summed E-state index contributed by atoms with van der Waals surface area (Å²) in [6.45, 7) is 3.49. The first-order valence-corrected chi connectivity index (χ1v) is 2.63. The van der Waals surface area contributed by atoms with Crippen LogP contribution in [0.15, 0.2) is 0 Å². The van der Waals surface area contributed by atoms with E-state index in [2.05, 4.69) is 11.7 Å². The molecule has 0 amide bonds. The van der Waals surface area contributed by atoms with E-state index in [4.69, 9.17) is 5.26 Å². The zero-order valence-corrected chi connectivity index (χ0v) is 5.09. The third-order valence-corrected chi connectivity index (χ3v) is 0.681. The number of rotatable bonds is 3. The van der Waals surface area contributed by atoms with Gasteiger partial charge >= 0.3 is 5.97 Å². The molecule has 0 aromatic rings. The van der Waals surface area contributed by atoms with Gasteiger partial charge in [0.25, 0.3) is 0 Å². The highest BCUT2D eigenvalue weighted by molar-refractivity contribution is 5.69. The molecule has 0 rings (SSSR count). The molecular weight excluding hydrogens is 118 g/mol. The fourth-order valence-corrected chi connectivity index (χ4v) is 0.283. The highest BCUT2D eigenvalue weighted by atomic mass is 16.5. The lowest BCUT2D eigenvalue weighted by Gasteiger charge is -1.96. The Balaban J connectivity index is 3.09. The quantitative estimate of drug-likeness (QED) is 0.412. The highest BCUT2D eigenvalue weighted by Gasteiger charge is 1.94. The van der Waals surface area contributed by atoms with Gasteiger partial charge in [-0.3, -0.25) is 4.79 Å². The second-order valence-electron chi connectivity index (χ2n) is 1.38. The van der Waals surface area contributed by atoms with Crippen LogP contribution in [0.25, 0.3) is 0 Å². The molecule has 0 unspecified atom stereocenters. The number of hydrogen-bond acceptors (Lipinski definition) is 3. The van der Waals surface area contributed by atoms with Crippen LogP contribution in [-0.2, 0) is 9.53 Å². The minimum atomic E-state index is -0.356. The van der Waals surface area contributed by atoms with Crippen molar-refractivity contribution in [1.29, 1.82) is 5.26 Å². The van der Waals surface area contributed by atoms with Gasteiger partial charge in [-0.1, -0.05) is 0 Å². The molecular formula is C6H8NO2. The van der Waals surface area contributed by atoms with Crippen molar-refractivity contribution in [1.82, 2.24) is 0 Å². The van der Waals surface area contributed by atoms with Crippen LogP contribution in [0, 0.1) is 18.3 Å². The van der Waals surface area contributed by atoms with E-state index in [1.165, 1.54) is 0 Å². The predicted molar refractivity (Wildman–Crippen MR) is 31.2 cm³/mol. The molecule has 0 fully saturated rings. The van der Waals surface area contributed by atoms with Gasteiger partial charge in [0, 0.05) is 6.42 Å². The summed E-state index contributed by atoms with van der Waals surface area (Å²) in [5.41, 5.74) is 0. The Hall–Kier alpha value is -1.04. The minimum Gasteiger partial charge on any atom is -0.465 e. The molecule has 0 heterocycles. The molecule has 3 nitrogen and oxygen atoms in total. The van der Waals surface area contributed by atoms with E-state index in [0.29, 0.717) is 0 Å². The van der Waals surface area contributed by atoms with E-state index < -0.39 is 0 Å². The van der Waals surface area contributed by atoms with Crippen LogP contribution < -0.4 is 0 Å². The van der Waals surface area contributed by atoms with Crippen molar-refractivity contribution in [2.24, 2.45) is 0 Å². The average molecular weight is 126 g/mol. The van der Waals surface area contributed by atoms with E-state index >= 15 is 0 Å². The van der Waals surface area contributed by atoms with Crippen molar-refractivity contribution in [3.63, 3.8) is 0 Å².